The number of nitrogens with two attached hydrogens (primary N) is 1. The number of alkyl carbamates (subject to hydrolysis) is 1. The molecule has 0 bridgehead atoms. The fraction of sp³-hybridized carbons (Fsp3) is 0.643. The number of rotatable bonds is 11. The molecule has 0 aliphatic heterocycles. The van der Waals surface area contributed by atoms with Gasteiger partial charge < -0.3 is 26.0 Å². The van der Waals surface area contributed by atoms with Gasteiger partial charge in [-0.25, -0.2) is 4.79 Å². The van der Waals surface area contributed by atoms with E-state index in [0.717, 1.165) is 24.0 Å². The van der Waals surface area contributed by atoms with Gasteiger partial charge in [0.25, 0.3) is 0 Å². The van der Waals surface area contributed by atoms with E-state index in [9.17, 15) is 19.2 Å². The topological polar surface area (TPSA) is 131 Å². The summed E-state index contributed by atoms with van der Waals surface area (Å²) < 4.78 is 5.32. The van der Waals surface area contributed by atoms with Crippen LogP contribution in [0.3, 0.4) is 0 Å². The average Bonchev–Trinajstić information content (AvgIpc) is 2.70. The summed E-state index contributed by atoms with van der Waals surface area (Å²) in [6, 6.07) is 3.45. The first-order valence-electron chi connectivity index (χ1n) is 12.9. The zero-order valence-corrected chi connectivity index (χ0v) is 24.0. The predicted molar refractivity (Wildman–Crippen MR) is 145 cm³/mol. The zero-order chi connectivity index (χ0) is 28.6. The van der Waals surface area contributed by atoms with E-state index in [0.29, 0.717) is 12.0 Å². The number of nitrogens with one attached hydrogen (secondary N) is 2. The summed E-state index contributed by atoms with van der Waals surface area (Å²) >= 11 is 0. The summed E-state index contributed by atoms with van der Waals surface area (Å²) in [7, 11) is 0. The van der Waals surface area contributed by atoms with Crippen LogP contribution < -0.4 is 16.4 Å². The standard InChI is InChI=1S/C28H46N4O5/c1-10-11-12-15-32(25(35)21(17-22(29)33)30-26(36)37-28(7,8)9)23(24(34)31-27(4,5)6)20-14-13-18(2)16-19(20)3/h13-14,16,21,23H,10-12,15,17H2,1-9H3,(H2,29,33)(H,30,36)(H,31,34). The van der Waals surface area contributed by atoms with E-state index in [1.807, 2.05) is 59.7 Å². The Morgan fingerprint density at radius 2 is 1.65 bits per heavy atom. The summed E-state index contributed by atoms with van der Waals surface area (Å²) in [5.41, 5.74) is 6.65. The van der Waals surface area contributed by atoms with Gasteiger partial charge >= 0.3 is 6.09 Å². The number of primary amides is 1. The van der Waals surface area contributed by atoms with E-state index in [4.69, 9.17) is 10.5 Å². The van der Waals surface area contributed by atoms with Gasteiger partial charge in [-0.3, -0.25) is 14.4 Å². The van der Waals surface area contributed by atoms with Gasteiger partial charge in [-0.1, -0.05) is 43.5 Å². The Labute approximate surface area is 221 Å². The highest BCUT2D eigenvalue weighted by Crippen LogP contribution is 2.28. The first-order chi connectivity index (χ1) is 16.9. The van der Waals surface area contributed by atoms with Crippen LogP contribution in [0.5, 0.6) is 0 Å². The lowest BCUT2D eigenvalue weighted by Gasteiger charge is -2.36. The van der Waals surface area contributed by atoms with Gasteiger partial charge in [0.15, 0.2) is 0 Å². The molecule has 0 spiro atoms. The normalized spacial score (nSPS) is 13.3. The second-order valence-electron chi connectivity index (χ2n) is 11.6. The molecule has 0 radical (unpaired) electrons. The molecule has 1 rings (SSSR count). The SMILES string of the molecule is CCCCCN(C(=O)C(CC(N)=O)NC(=O)OC(C)(C)C)C(C(=O)NC(C)(C)C)c1ccc(C)cc1C. The van der Waals surface area contributed by atoms with Crippen molar-refractivity contribution in [3.05, 3.63) is 34.9 Å². The molecule has 0 aliphatic rings. The molecule has 9 heteroatoms. The predicted octanol–water partition coefficient (Wildman–Crippen LogP) is 4.05. The number of carbonyl (C=O) groups is 4. The van der Waals surface area contributed by atoms with Crippen LogP contribution in [0, 0.1) is 13.8 Å². The molecule has 4 amide bonds. The van der Waals surface area contributed by atoms with Crippen molar-refractivity contribution in [3.8, 4) is 0 Å². The third-order valence-corrected chi connectivity index (χ3v) is 5.46. The van der Waals surface area contributed by atoms with Gasteiger partial charge in [0.2, 0.25) is 17.7 Å². The monoisotopic (exact) mass is 518 g/mol. The molecule has 4 N–H and O–H groups in total. The molecular formula is C28H46N4O5. The van der Waals surface area contributed by atoms with Gasteiger partial charge in [0, 0.05) is 12.1 Å². The molecule has 0 saturated heterocycles. The maximum absolute atomic E-state index is 14.0. The number of ether oxygens (including phenoxy) is 1. The number of aryl methyl sites for hydroxylation is 2. The van der Waals surface area contributed by atoms with Crippen molar-refractivity contribution in [2.75, 3.05) is 6.54 Å². The first-order valence-corrected chi connectivity index (χ1v) is 12.9. The molecule has 0 saturated carbocycles. The molecular weight excluding hydrogens is 472 g/mol. The number of amides is 4. The molecule has 2 unspecified atom stereocenters. The van der Waals surface area contributed by atoms with Gasteiger partial charge in [0.1, 0.15) is 17.7 Å². The maximum Gasteiger partial charge on any atom is 0.408 e. The zero-order valence-electron chi connectivity index (χ0n) is 24.0. The number of benzene rings is 1. The quantitative estimate of drug-likeness (QED) is 0.381. The Morgan fingerprint density at radius 1 is 1.03 bits per heavy atom. The third kappa shape index (κ3) is 11.2. The van der Waals surface area contributed by atoms with Crippen LogP contribution in [0.25, 0.3) is 0 Å². The summed E-state index contributed by atoms with van der Waals surface area (Å²) in [5.74, 6) is -1.68. The summed E-state index contributed by atoms with van der Waals surface area (Å²) in [6.45, 7) is 16.8. The number of hydrogen-bond acceptors (Lipinski definition) is 5. The lowest BCUT2D eigenvalue weighted by atomic mass is 9.95. The second-order valence-corrected chi connectivity index (χ2v) is 11.6. The molecule has 1 aromatic rings. The molecule has 0 fully saturated rings. The van der Waals surface area contributed by atoms with Crippen LogP contribution in [0.1, 0.15) is 96.9 Å². The van der Waals surface area contributed by atoms with E-state index >= 15 is 0 Å². The number of unbranched alkanes of at least 4 members (excludes halogenated alkanes) is 2. The maximum atomic E-state index is 14.0. The van der Waals surface area contributed by atoms with Crippen molar-refractivity contribution in [2.45, 2.75) is 111 Å². The Bertz CT molecular complexity index is 962. The Kier molecular flexibility index (Phi) is 11.6. The highest BCUT2D eigenvalue weighted by atomic mass is 16.6. The van der Waals surface area contributed by atoms with E-state index < -0.39 is 47.6 Å². The minimum Gasteiger partial charge on any atom is -0.444 e. The minimum atomic E-state index is -1.29. The van der Waals surface area contributed by atoms with Crippen LogP contribution in [-0.4, -0.2) is 52.4 Å². The fourth-order valence-electron chi connectivity index (χ4n) is 3.97. The van der Waals surface area contributed by atoms with Crippen LogP contribution in [0.2, 0.25) is 0 Å². The van der Waals surface area contributed by atoms with E-state index in [-0.39, 0.29) is 12.5 Å². The van der Waals surface area contributed by atoms with E-state index in [1.54, 1.807) is 20.8 Å². The molecule has 0 heterocycles. The van der Waals surface area contributed by atoms with Crippen molar-refractivity contribution >= 4 is 23.8 Å². The lowest BCUT2D eigenvalue weighted by molar-refractivity contribution is -0.144. The number of hydrogen-bond donors (Lipinski definition) is 3. The van der Waals surface area contributed by atoms with Crippen LogP contribution >= 0.6 is 0 Å². The number of nitrogens with zero attached hydrogens (tertiary/aromatic N) is 1. The third-order valence-electron chi connectivity index (χ3n) is 5.46. The minimum absolute atomic E-state index is 0.257. The van der Waals surface area contributed by atoms with Gasteiger partial charge in [-0.2, -0.15) is 0 Å². The van der Waals surface area contributed by atoms with E-state index in [2.05, 4.69) is 10.6 Å². The van der Waals surface area contributed by atoms with Crippen molar-refractivity contribution in [3.63, 3.8) is 0 Å². The molecule has 1 aromatic carbocycles. The van der Waals surface area contributed by atoms with Gasteiger partial charge in [-0.15, -0.1) is 0 Å². The lowest BCUT2D eigenvalue weighted by Crippen LogP contribution is -2.55. The molecule has 208 valence electrons. The van der Waals surface area contributed by atoms with Crippen LogP contribution in [0.4, 0.5) is 4.79 Å². The van der Waals surface area contributed by atoms with Crippen LogP contribution in [0.15, 0.2) is 18.2 Å². The van der Waals surface area contributed by atoms with Crippen molar-refractivity contribution < 1.29 is 23.9 Å². The number of carbonyl (C=O) groups excluding carboxylic acids is 4. The van der Waals surface area contributed by atoms with E-state index in [1.165, 1.54) is 4.90 Å². The van der Waals surface area contributed by atoms with Crippen molar-refractivity contribution in [1.82, 2.24) is 15.5 Å². The smallest absolute Gasteiger partial charge is 0.408 e. The summed E-state index contributed by atoms with van der Waals surface area (Å²) in [6.07, 6.45) is 1.11. The molecule has 2 atom stereocenters. The van der Waals surface area contributed by atoms with Gasteiger partial charge in [-0.05, 0) is 72.9 Å². The van der Waals surface area contributed by atoms with Crippen LogP contribution in [-0.2, 0) is 19.1 Å². The Morgan fingerprint density at radius 3 is 2.14 bits per heavy atom. The fourth-order valence-corrected chi connectivity index (χ4v) is 3.97. The molecule has 9 nitrogen and oxygen atoms in total. The van der Waals surface area contributed by atoms with Gasteiger partial charge in [0.05, 0.1) is 6.42 Å². The molecule has 37 heavy (non-hydrogen) atoms. The highest BCUT2D eigenvalue weighted by Gasteiger charge is 2.38. The molecule has 0 aliphatic carbocycles. The largest absolute Gasteiger partial charge is 0.444 e. The highest BCUT2D eigenvalue weighted by molar-refractivity contribution is 5.94. The Balaban J connectivity index is 3.60. The Hall–Kier alpha value is -3.10. The first kappa shape index (κ1) is 31.9. The summed E-state index contributed by atoms with van der Waals surface area (Å²) in [5, 5.41) is 5.51. The average molecular weight is 519 g/mol. The van der Waals surface area contributed by atoms with Crippen molar-refractivity contribution in [2.24, 2.45) is 5.73 Å². The molecule has 0 aromatic heterocycles. The van der Waals surface area contributed by atoms with Crippen molar-refractivity contribution in [1.29, 1.82) is 0 Å². The second kappa shape index (κ2) is 13.4. The summed E-state index contributed by atoms with van der Waals surface area (Å²) in [4.78, 5) is 53.6.